The maximum Gasteiger partial charge on any atom is 0.160 e. The Kier molecular flexibility index (Phi) is 4.48. The minimum Gasteiger partial charge on any atom is -0.493 e. The maximum absolute atomic E-state index is 5.33. The van der Waals surface area contributed by atoms with E-state index in [4.69, 9.17) is 9.47 Å². The summed E-state index contributed by atoms with van der Waals surface area (Å²) in [5, 5.41) is 3.57. The van der Waals surface area contributed by atoms with Gasteiger partial charge in [0.25, 0.3) is 0 Å². The Bertz CT molecular complexity index is 388. The Morgan fingerprint density at radius 1 is 1.22 bits per heavy atom. The summed E-state index contributed by atoms with van der Waals surface area (Å²) in [5.74, 6) is 2.26. The number of methoxy groups -OCH3 is 2. The van der Waals surface area contributed by atoms with Gasteiger partial charge in [0.1, 0.15) is 0 Å². The standard InChI is InChI=1S/C15H23NO2/c1-11(10-16-13-5-6-13)8-12-4-7-14(17-2)15(9-12)18-3/h4,7,9,11,13,16H,5-6,8,10H2,1-3H3. The van der Waals surface area contributed by atoms with Crippen LogP contribution >= 0.6 is 0 Å². The molecule has 1 aromatic carbocycles. The first-order valence-corrected chi connectivity index (χ1v) is 6.67. The predicted molar refractivity (Wildman–Crippen MR) is 73.4 cm³/mol. The first-order valence-electron chi connectivity index (χ1n) is 6.67. The summed E-state index contributed by atoms with van der Waals surface area (Å²) >= 11 is 0. The van der Waals surface area contributed by atoms with Gasteiger partial charge in [-0.15, -0.1) is 0 Å². The van der Waals surface area contributed by atoms with E-state index in [2.05, 4.69) is 24.4 Å². The van der Waals surface area contributed by atoms with Crippen LogP contribution in [0.2, 0.25) is 0 Å². The van der Waals surface area contributed by atoms with Gasteiger partial charge in [0.2, 0.25) is 0 Å². The minimum absolute atomic E-state index is 0.642. The van der Waals surface area contributed by atoms with E-state index in [1.165, 1.54) is 18.4 Å². The van der Waals surface area contributed by atoms with Crippen LogP contribution in [-0.2, 0) is 6.42 Å². The van der Waals surface area contributed by atoms with E-state index in [1.807, 2.05) is 6.07 Å². The molecular formula is C15H23NO2. The highest BCUT2D eigenvalue weighted by Crippen LogP contribution is 2.28. The number of hydrogen-bond donors (Lipinski definition) is 1. The smallest absolute Gasteiger partial charge is 0.160 e. The highest BCUT2D eigenvalue weighted by Gasteiger charge is 2.20. The van der Waals surface area contributed by atoms with E-state index in [0.717, 1.165) is 30.5 Å². The molecule has 3 nitrogen and oxygen atoms in total. The molecule has 0 aromatic heterocycles. The van der Waals surface area contributed by atoms with E-state index in [9.17, 15) is 0 Å². The van der Waals surface area contributed by atoms with E-state index in [1.54, 1.807) is 14.2 Å². The molecule has 3 heteroatoms. The molecule has 1 fully saturated rings. The molecule has 0 spiro atoms. The number of nitrogens with one attached hydrogen (secondary N) is 1. The molecule has 0 bridgehead atoms. The van der Waals surface area contributed by atoms with Crippen LogP contribution in [0.4, 0.5) is 0 Å². The van der Waals surface area contributed by atoms with E-state index in [0.29, 0.717) is 5.92 Å². The molecule has 0 radical (unpaired) electrons. The van der Waals surface area contributed by atoms with Gasteiger partial charge in [-0.05, 0) is 49.4 Å². The molecule has 1 saturated carbocycles. The van der Waals surface area contributed by atoms with Crippen molar-refractivity contribution in [1.82, 2.24) is 5.32 Å². The van der Waals surface area contributed by atoms with E-state index < -0.39 is 0 Å². The van der Waals surface area contributed by atoms with Crippen molar-refractivity contribution in [1.29, 1.82) is 0 Å². The van der Waals surface area contributed by atoms with Gasteiger partial charge in [0, 0.05) is 6.04 Å². The number of rotatable bonds is 7. The van der Waals surface area contributed by atoms with Crippen LogP contribution in [0.5, 0.6) is 11.5 Å². The second-order valence-electron chi connectivity index (χ2n) is 5.18. The van der Waals surface area contributed by atoms with Crippen LogP contribution in [0.3, 0.4) is 0 Å². The summed E-state index contributed by atoms with van der Waals surface area (Å²) in [6, 6.07) is 6.97. The summed E-state index contributed by atoms with van der Waals surface area (Å²) in [7, 11) is 3.35. The summed E-state index contributed by atoms with van der Waals surface area (Å²) in [4.78, 5) is 0. The Morgan fingerprint density at radius 3 is 2.56 bits per heavy atom. The second kappa shape index (κ2) is 6.10. The summed E-state index contributed by atoms with van der Waals surface area (Å²) in [6.07, 6.45) is 3.77. The molecule has 1 unspecified atom stereocenters. The molecule has 0 aliphatic heterocycles. The summed E-state index contributed by atoms with van der Waals surface area (Å²) in [6.45, 7) is 3.38. The molecule has 0 saturated heterocycles. The Balaban J connectivity index is 1.90. The zero-order chi connectivity index (χ0) is 13.0. The SMILES string of the molecule is COc1ccc(CC(C)CNC2CC2)cc1OC. The molecule has 1 aromatic rings. The van der Waals surface area contributed by atoms with Crippen molar-refractivity contribution in [3.05, 3.63) is 23.8 Å². The number of ether oxygens (including phenoxy) is 2. The van der Waals surface area contributed by atoms with E-state index >= 15 is 0 Å². The summed E-state index contributed by atoms with van der Waals surface area (Å²) in [5.41, 5.74) is 1.30. The van der Waals surface area contributed by atoms with Crippen LogP contribution in [0.15, 0.2) is 18.2 Å². The van der Waals surface area contributed by atoms with Gasteiger partial charge in [-0.25, -0.2) is 0 Å². The number of benzene rings is 1. The average Bonchev–Trinajstić information content (AvgIpc) is 3.20. The second-order valence-corrected chi connectivity index (χ2v) is 5.18. The molecule has 1 aliphatic rings. The van der Waals surface area contributed by atoms with Crippen molar-refractivity contribution >= 4 is 0 Å². The monoisotopic (exact) mass is 249 g/mol. The third kappa shape index (κ3) is 3.64. The fraction of sp³-hybridized carbons (Fsp3) is 0.600. The fourth-order valence-electron chi connectivity index (χ4n) is 2.14. The molecule has 1 N–H and O–H groups in total. The van der Waals surface area contributed by atoms with Crippen LogP contribution in [-0.4, -0.2) is 26.8 Å². The molecular weight excluding hydrogens is 226 g/mol. The predicted octanol–water partition coefficient (Wildman–Crippen LogP) is 2.63. The fourth-order valence-corrected chi connectivity index (χ4v) is 2.14. The van der Waals surface area contributed by atoms with Gasteiger partial charge >= 0.3 is 0 Å². The molecule has 18 heavy (non-hydrogen) atoms. The zero-order valence-electron chi connectivity index (χ0n) is 11.5. The molecule has 100 valence electrons. The molecule has 1 aliphatic carbocycles. The van der Waals surface area contributed by atoms with Crippen LogP contribution in [0, 0.1) is 5.92 Å². The maximum atomic E-state index is 5.33. The number of hydrogen-bond acceptors (Lipinski definition) is 3. The van der Waals surface area contributed by atoms with Gasteiger partial charge in [0.15, 0.2) is 11.5 Å². The average molecular weight is 249 g/mol. The largest absolute Gasteiger partial charge is 0.493 e. The molecule has 0 amide bonds. The minimum atomic E-state index is 0.642. The quantitative estimate of drug-likeness (QED) is 0.806. The van der Waals surface area contributed by atoms with Crippen LogP contribution < -0.4 is 14.8 Å². The Hall–Kier alpha value is -1.22. The molecule has 0 heterocycles. The Morgan fingerprint density at radius 2 is 1.94 bits per heavy atom. The van der Waals surface area contributed by atoms with E-state index in [-0.39, 0.29) is 0 Å². The van der Waals surface area contributed by atoms with Gasteiger partial charge in [0.05, 0.1) is 14.2 Å². The van der Waals surface area contributed by atoms with Crippen LogP contribution in [0.25, 0.3) is 0 Å². The van der Waals surface area contributed by atoms with Crippen molar-refractivity contribution in [2.45, 2.75) is 32.2 Å². The van der Waals surface area contributed by atoms with Gasteiger partial charge in [-0.3, -0.25) is 0 Å². The summed E-state index contributed by atoms with van der Waals surface area (Å²) < 4.78 is 10.6. The Labute approximate surface area is 109 Å². The van der Waals surface area contributed by atoms with Gasteiger partial charge in [-0.2, -0.15) is 0 Å². The highest BCUT2D eigenvalue weighted by molar-refractivity contribution is 5.42. The lowest BCUT2D eigenvalue weighted by Gasteiger charge is -2.14. The highest BCUT2D eigenvalue weighted by atomic mass is 16.5. The van der Waals surface area contributed by atoms with Crippen molar-refractivity contribution < 1.29 is 9.47 Å². The van der Waals surface area contributed by atoms with Crippen molar-refractivity contribution in [3.8, 4) is 11.5 Å². The van der Waals surface area contributed by atoms with Crippen LogP contribution in [0.1, 0.15) is 25.3 Å². The molecule has 2 rings (SSSR count). The lowest BCUT2D eigenvalue weighted by molar-refractivity contribution is 0.354. The third-order valence-corrected chi connectivity index (χ3v) is 3.36. The van der Waals surface area contributed by atoms with Gasteiger partial charge < -0.3 is 14.8 Å². The topological polar surface area (TPSA) is 30.5 Å². The van der Waals surface area contributed by atoms with Crippen molar-refractivity contribution in [3.63, 3.8) is 0 Å². The first-order chi connectivity index (χ1) is 8.72. The van der Waals surface area contributed by atoms with Crippen molar-refractivity contribution in [2.24, 2.45) is 5.92 Å². The zero-order valence-corrected chi connectivity index (χ0v) is 11.5. The third-order valence-electron chi connectivity index (χ3n) is 3.36. The van der Waals surface area contributed by atoms with Crippen molar-refractivity contribution in [2.75, 3.05) is 20.8 Å². The molecule has 1 atom stereocenters. The first kappa shape index (κ1) is 13.2. The lowest BCUT2D eigenvalue weighted by Crippen LogP contribution is -2.24. The lowest BCUT2D eigenvalue weighted by atomic mass is 10.0. The van der Waals surface area contributed by atoms with Gasteiger partial charge in [-0.1, -0.05) is 13.0 Å². The normalized spacial score (nSPS) is 16.4.